The zero-order valence-electron chi connectivity index (χ0n) is 14.9. The van der Waals surface area contributed by atoms with Crippen LogP contribution in [0.2, 0.25) is 0 Å². The van der Waals surface area contributed by atoms with Gasteiger partial charge in [0.2, 0.25) is 0 Å². The average molecular weight is 311 g/mol. The lowest BCUT2D eigenvalue weighted by Crippen LogP contribution is -2.59. The molecule has 2 heterocycles. The van der Waals surface area contributed by atoms with Crippen LogP contribution in [0.15, 0.2) is 0 Å². The lowest BCUT2D eigenvalue weighted by Gasteiger charge is -2.43. The Balaban J connectivity index is 1.89. The first kappa shape index (κ1) is 17.5. The number of carbonyl (C=O) groups is 1. The molecule has 0 aliphatic carbocycles. The van der Waals surface area contributed by atoms with E-state index in [0.717, 1.165) is 25.9 Å². The molecule has 0 aromatic heterocycles. The van der Waals surface area contributed by atoms with Gasteiger partial charge >= 0.3 is 6.09 Å². The fraction of sp³-hybridized carbons (Fsp3) is 0.941. The monoisotopic (exact) mass is 311 g/mol. The third kappa shape index (κ3) is 4.85. The summed E-state index contributed by atoms with van der Waals surface area (Å²) in [6.07, 6.45) is 5.79. The molecule has 0 bridgehead atoms. The Morgan fingerprint density at radius 2 is 1.73 bits per heavy atom. The van der Waals surface area contributed by atoms with Crippen LogP contribution >= 0.6 is 0 Å². The number of rotatable bonds is 2. The number of carbonyl (C=O) groups excluding carboxylic acids is 1. The van der Waals surface area contributed by atoms with E-state index < -0.39 is 5.60 Å². The molecule has 1 amide bonds. The fourth-order valence-electron chi connectivity index (χ4n) is 3.46. The summed E-state index contributed by atoms with van der Waals surface area (Å²) in [5.41, 5.74) is 3.27. The Bertz CT molecular complexity index is 371. The van der Waals surface area contributed by atoms with E-state index in [1.54, 1.807) is 0 Å². The number of nitrogens with zero attached hydrogens (tertiary/aromatic N) is 2. The molecule has 2 fully saturated rings. The molecule has 2 aliphatic rings. The minimum absolute atomic E-state index is 0.182. The van der Waals surface area contributed by atoms with Gasteiger partial charge in [0.15, 0.2) is 0 Å². The number of ether oxygens (including phenoxy) is 1. The largest absolute Gasteiger partial charge is 0.444 e. The van der Waals surface area contributed by atoms with Gasteiger partial charge in [0.05, 0.1) is 0 Å². The summed E-state index contributed by atoms with van der Waals surface area (Å²) in [4.78, 5) is 14.1. The van der Waals surface area contributed by atoms with Gasteiger partial charge < -0.3 is 9.64 Å². The van der Waals surface area contributed by atoms with E-state index in [2.05, 4.69) is 24.3 Å². The Hall–Kier alpha value is -0.810. The second-order valence-electron chi connectivity index (χ2n) is 7.93. The van der Waals surface area contributed by atoms with Crippen LogP contribution in [-0.4, -0.2) is 52.8 Å². The van der Waals surface area contributed by atoms with Crippen molar-refractivity contribution in [3.63, 3.8) is 0 Å². The van der Waals surface area contributed by atoms with Gasteiger partial charge in [-0.3, -0.25) is 0 Å². The summed E-state index contributed by atoms with van der Waals surface area (Å²) >= 11 is 0. The molecular weight excluding hydrogens is 278 g/mol. The molecule has 3 atom stereocenters. The molecule has 2 rings (SSSR count). The maximum atomic E-state index is 12.2. The highest BCUT2D eigenvalue weighted by molar-refractivity contribution is 5.68. The summed E-state index contributed by atoms with van der Waals surface area (Å²) in [6, 6.07) is 1.48. The summed E-state index contributed by atoms with van der Waals surface area (Å²) in [6.45, 7) is 11.9. The van der Waals surface area contributed by atoms with Gasteiger partial charge in [-0.2, -0.15) is 0 Å². The fourth-order valence-corrected chi connectivity index (χ4v) is 3.46. The molecule has 5 heteroatoms. The Labute approximate surface area is 135 Å². The number of hydrogen-bond donors (Lipinski definition) is 1. The zero-order valence-corrected chi connectivity index (χ0v) is 14.9. The van der Waals surface area contributed by atoms with Crippen molar-refractivity contribution >= 4 is 6.09 Å². The lowest BCUT2D eigenvalue weighted by molar-refractivity contribution is -0.00266. The molecule has 22 heavy (non-hydrogen) atoms. The normalized spacial score (nSPS) is 31.1. The van der Waals surface area contributed by atoms with E-state index in [1.807, 2.05) is 25.7 Å². The van der Waals surface area contributed by atoms with Crippen molar-refractivity contribution in [1.29, 1.82) is 0 Å². The number of nitrogens with one attached hydrogen (secondary N) is 1. The van der Waals surface area contributed by atoms with Crippen LogP contribution in [0.1, 0.15) is 66.7 Å². The highest BCUT2D eigenvalue weighted by atomic mass is 16.6. The molecule has 0 spiro atoms. The van der Waals surface area contributed by atoms with Crippen molar-refractivity contribution in [1.82, 2.24) is 15.3 Å². The van der Waals surface area contributed by atoms with Crippen LogP contribution in [0, 0.1) is 0 Å². The van der Waals surface area contributed by atoms with Crippen LogP contribution < -0.4 is 5.43 Å². The van der Waals surface area contributed by atoms with Crippen molar-refractivity contribution in [3.8, 4) is 0 Å². The van der Waals surface area contributed by atoms with Crippen molar-refractivity contribution in [2.75, 3.05) is 13.1 Å². The van der Waals surface area contributed by atoms with Crippen LogP contribution in [-0.2, 0) is 4.74 Å². The van der Waals surface area contributed by atoms with Gasteiger partial charge in [-0.1, -0.05) is 6.42 Å². The van der Waals surface area contributed by atoms with E-state index in [-0.39, 0.29) is 6.09 Å². The molecule has 2 aliphatic heterocycles. The third-order valence-corrected chi connectivity index (χ3v) is 4.60. The maximum Gasteiger partial charge on any atom is 0.410 e. The number of likely N-dealkylation sites (tertiary alicyclic amines) is 1. The van der Waals surface area contributed by atoms with Gasteiger partial charge in [-0.05, 0) is 60.3 Å². The number of amides is 1. The van der Waals surface area contributed by atoms with Gasteiger partial charge in [-0.25, -0.2) is 15.2 Å². The summed E-state index contributed by atoms with van der Waals surface area (Å²) in [7, 11) is 0. The summed E-state index contributed by atoms with van der Waals surface area (Å²) in [5, 5.41) is 2.41. The number of piperidine rings is 2. The smallest absolute Gasteiger partial charge is 0.410 e. The van der Waals surface area contributed by atoms with E-state index in [0.29, 0.717) is 18.1 Å². The summed E-state index contributed by atoms with van der Waals surface area (Å²) in [5.74, 6) is 0. The first-order valence-corrected chi connectivity index (χ1v) is 8.78. The molecule has 128 valence electrons. The standard InChI is InChI=1S/C17H33N3O2/c1-13-8-6-9-14(2)20(13)18-15-10-7-11-19(12-15)16(21)22-17(3,4)5/h13-15,18H,6-12H2,1-5H3. The Kier molecular flexibility index (Phi) is 5.72. The number of hydrazine groups is 1. The molecule has 1 N–H and O–H groups in total. The molecule has 0 aromatic carbocycles. The molecule has 0 aromatic rings. The molecule has 0 radical (unpaired) electrons. The predicted octanol–water partition coefficient (Wildman–Crippen LogP) is 3.15. The van der Waals surface area contributed by atoms with Gasteiger partial charge in [0, 0.05) is 31.2 Å². The Morgan fingerprint density at radius 3 is 2.32 bits per heavy atom. The van der Waals surface area contributed by atoms with Crippen LogP contribution in [0.5, 0.6) is 0 Å². The maximum absolute atomic E-state index is 12.2. The molecular formula is C17H33N3O2. The number of hydrogen-bond acceptors (Lipinski definition) is 4. The van der Waals surface area contributed by atoms with Crippen LogP contribution in [0.25, 0.3) is 0 Å². The SMILES string of the molecule is CC1CCCC(C)N1NC1CCCN(C(=O)OC(C)(C)C)C1. The van der Waals surface area contributed by atoms with Crippen LogP contribution in [0.4, 0.5) is 4.79 Å². The first-order chi connectivity index (χ1) is 10.3. The van der Waals surface area contributed by atoms with Crippen molar-refractivity contribution in [3.05, 3.63) is 0 Å². The van der Waals surface area contributed by atoms with Crippen molar-refractivity contribution < 1.29 is 9.53 Å². The van der Waals surface area contributed by atoms with Gasteiger partial charge in [0.25, 0.3) is 0 Å². The van der Waals surface area contributed by atoms with Crippen molar-refractivity contribution in [2.24, 2.45) is 0 Å². The van der Waals surface area contributed by atoms with Gasteiger partial charge in [-0.15, -0.1) is 0 Å². The average Bonchev–Trinajstić information content (AvgIpc) is 2.41. The summed E-state index contributed by atoms with van der Waals surface area (Å²) < 4.78 is 5.50. The zero-order chi connectivity index (χ0) is 16.3. The molecule has 2 saturated heterocycles. The highest BCUT2D eigenvalue weighted by Gasteiger charge is 2.31. The molecule has 3 unspecified atom stereocenters. The second-order valence-corrected chi connectivity index (χ2v) is 7.93. The van der Waals surface area contributed by atoms with E-state index in [1.165, 1.54) is 19.3 Å². The quantitative estimate of drug-likeness (QED) is 0.851. The molecule has 0 saturated carbocycles. The van der Waals surface area contributed by atoms with E-state index in [4.69, 9.17) is 4.74 Å². The van der Waals surface area contributed by atoms with Crippen LogP contribution in [0.3, 0.4) is 0 Å². The topological polar surface area (TPSA) is 44.8 Å². The predicted molar refractivity (Wildman–Crippen MR) is 88.6 cm³/mol. The highest BCUT2D eigenvalue weighted by Crippen LogP contribution is 2.22. The van der Waals surface area contributed by atoms with E-state index >= 15 is 0 Å². The minimum Gasteiger partial charge on any atom is -0.444 e. The molecule has 5 nitrogen and oxygen atoms in total. The van der Waals surface area contributed by atoms with Crippen molar-refractivity contribution in [2.45, 2.75) is 90.4 Å². The lowest BCUT2D eigenvalue weighted by atomic mass is 9.99. The van der Waals surface area contributed by atoms with Gasteiger partial charge in [0.1, 0.15) is 5.60 Å². The first-order valence-electron chi connectivity index (χ1n) is 8.78. The Morgan fingerprint density at radius 1 is 1.09 bits per heavy atom. The minimum atomic E-state index is -0.423. The third-order valence-electron chi connectivity index (χ3n) is 4.60. The second kappa shape index (κ2) is 7.18. The van der Waals surface area contributed by atoms with E-state index in [9.17, 15) is 4.79 Å².